The fourth-order valence-corrected chi connectivity index (χ4v) is 3.75. The summed E-state index contributed by atoms with van der Waals surface area (Å²) in [4.78, 5) is 13.9. The Morgan fingerprint density at radius 2 is 1.95 bits per heavy atom. The number of hydrogen-bond acceptors (Lipinski definition) is 6. The molecule has 104 valence electrons. The Hall–Kier alpha value is -1.66. The van der Waals surface area contributed by atoms with Gasteiger partial charge in [-0.25, -0.2) is 4.98 Å². The number of rotatable bonds is 4. The van der Waals surface area contributed by atoms with Gasteiger partial charge in [0.15, 0.2) is 0 Å². The molecule has 2 N–H and O–H groups in total. The minimum absolute atomic E-state index is 0.657. The molecule has 0 atom stereocenters. The van der Waals surface area contributed by atoms with Crippen LogP contribution in [0, 0.1) is 13.8 Å². The van der Waals surface area contributed by atoms with Crippen LogP contribution in [-0.4, -0.2) is 17.0 Å². The summed E-state index contributed by atoms with van der Waals surface area (Å²) in [5.74, 6) is 1.55. The normalized spacial score (nSPS) is 10.9. The fraction of sp³-hybridized carbons (Fsp3) is 0.286. The number of aromatic nitrogens is 2. The molecule has 6 heteroatoms. The van der Waals surface area contributed by atoms with Crippen molar-refractivity contribution in [3.8, 4) is 0 Å². The third kappa shape index (κ3) is 2.62. The lowest BCUT2D eigenvalue weighted by molar-refractivity contribution is 1.12. The molecule has 0 fully saturated rings. The van der Waals surface area contributed by atoms with Crippen LogP contribution >= 0.6 is 22.7 Å². The van der Waals surface area contributed by atoms with E-state index < -0.39 is 0 Å². The van der Waals surface area contributed by atoms with Crippen molar-refractivity contribution in [3.63, 3.8) is 0 Å². The van der Waals surface area contributed by atoms with Gasteiger partial charge in [0.25, 0.3) is 0 Å². The lowest BCUT2D eigenvalue weighted by atomic mass is 10.3. The van der Waals surface area contributed by atoms with E-state index in [9.17, 15) is 0 Å². The Balaban J connectivity index is 1.92. The lowest BCUT2D eigenvalue weighted by Gasteiger charge is -2.07. The minimum atomic E-state index is 0.657. The van der Waals surface area contributed by atoms with E-state index in [-0.39, 0.29) is 0 Å². The fourth-order valence-electron chi connectivity index (χ4n) is 2.04. The minimum Gasteiger partial charge on any atom is -0.364 e. The molecule has 0 aliphatic heterocycles. The van der Waals surface area contributed by atoms with Gasteiger partial charge < -0.3 is 10.6 Å². The van der Waals surface area contributed by atoms with Crippen LogP contribution in [0.1, 0.15) is 14.6 Å². The molecule has 3 aromatic heterocycles. The Kier molecular flexibility index (Phi) is 3.58. The molecule has 0 saturated carbocycles. The van der Waals surface area contributed by atoms with E-state index in [4.69, 9.17) is 0 Å². The van der Waals surface area contributed by atoms with Gasteiger partial charge in [0, 0.05) is 21.7 Å². The van der Waals surface area contributed by atoms with Crippen molar-refractivity contribution >= 4 is 44.7 Å². The zero-order chi connectivity index (χ0) is 14.1. The number of fused-ring (bicyclic) bond motifs is 1. The smallest absolute Gasteiger partial charge is 0.225 e. The second-order valence-electron chi connectivity index (χ2n) is 4.59. The third-order valence-electron chi connectivity index (χ3n) is 2.97. The molecule has 4 nitrogen and oxygen atoms in total. The molecule has 3 rings (SSSR count). The van der Waals surface area contributed by atoms with Crippen molar-refractivity contribution in [2.75, 3.05) is 17.7 Å². The van der Waals surface area contributed by atoms with Gasteiger partial charge in [-0.15, -0.1) is 22.7 Å². The molecule has 0 aliphatic rings. The standard InChI is InChI=1S/C14H16N4S2/c1-8-4-5-10(19-8)7-16-12-11-6-9(2)20-13(11)18-14(15-3)17-12/h4-6H,7H2,1-3H3,(H2,15,16,17,18). The Bertz CT molecular complexity index is 745. The molecular weight excluding hydrogens is 288 g/mol. The summed E-state index contributed by atoms with van der Waals surface area (Å²) >= 11 is 3.50. The first kappa shape index (κ1) is 13.3. The largest absolute Gasteiger partial charge is 0.364 e. The van der Waals surface area contributed by atoms with Crippen LogP contribution in [0.3, 0.4) is 0 Å². The maximum atomic E-state index is 4.53. The van der Waals surface area contributed by atoms with E-state index in [1.54, 1.807) is 11.3 Å². The van der Waals surface area contributed by atoms with Gasteiger partial charge in [-0.1, -0.05) is 0 Å². The summed E-state index contributed by atoms with van der Waals surface area (Å²) < 4.78 is 0. The Labute approximate surface area is 125 Å². The van der Waals surface area contributed by atoms with Crippen LogP contribution in [0.25, 0.3) is 10.2 Å². The quantitative estimate of drug-likeness (QED) is 0.764. The van der Waals surface area contributed by atoms with Crippen molar-refractivity contribution in [1.82, 2.24) is 9.97 Å². The second-order valence-corrected chi connectivity index (χ2v) is 7.19. The molecule has 3 aromatic rings. The summed E-state index contributed by atoms with van der Waals surface area (Å²) in [6.45, 7) is 5.01. The molecule has 3 heterocycles. The first-order valence-electron chi connectivity index (χ1n) is 6.41. The van der Waals surface area contributed by atoms with Crippen LogP contribution in [-0.2, 0) is 6.54 Å². The van der Waals surface area contributed by atoms with E-state index >= 15 is 0 Å². The molecule has 0 spiro atoms. The maximum Gasteiger partial charge on any atom is 0.225 e. The Morgan fingerprint density at radius 1 is 1.10 bits per heavy atom. The molecule has 20 heavy (non-hydrogen) atoms. The summed E-state index contributed by atoms with van der Waals surface area (Å²) in [5.41, 5.74) is 0. The average molecular weight is 304 g/mol. The van der Waals surface area contributed by atoms with Crippen molar-refractivity contribution < 1.29 is 0 Å². The summed E-state index contributed by atoms with van der Waals surface area (Å²) in [5, 5.41) is 7.55. The topological polar surface area (TPSA) is 49.8 Å². The van der Waals surface area contributed by atoms with Crippen molar-refractivity contribution in [2.45, 2.75) is 20.4 Å². The highest BCUT2D eigenvalue weighted by Gasteiger charge is 2.10. The first-order chi connectivity index (χ1) is 9.65. The Morgan fingerprint density at radius 3 is 2.65 bits per heavy atom. The number of nitrogens with one attached hydrogen (secondary N) is 2. The first-order valence-corrected chi connectivity index (χ1v) is 8.04. The molecule has 0 saturated heterocycles. The van der Waals surface area contributed by atoms with E-state index in [1.807, 2.05) is 18.4 Å². The summed E-state index contributed by atoms with van der Waals surface area (Å²) in [7, 11) is 1.84. The van der Waals surface area contributed by atoms with E-state index in [1.165, 1.54) is 14.6 Å². The van der Waals surface area contributed by atoms with Gasteiger partial charge in [0.1, 0.15) is 10.6 Å². The van der Waals surface area contributed by atoms with Crippen molar-refractivity contribution in [3.05, 3.63) is 32.8 Å². The van der Waals surface area contributed by atoms with E-state index in [0.717, 1.165) is 22.6 Å². The van der Waals surface area contributed by atoms with Crippen LogP contribution < -0.4 is 10.6 Å². The van der Waals surface area contributed by atoms with E-state index in [2.05, 4.69) is 52.6 Å². The molecule has 0 aromatic carbocycles. The predicted octanol–water partition coefficient (Wildman–Crippen LogP) is 4.02. The maximum absolute atomic E-state index is 4.53. The van der Waals surface area contributed by atoms with Crippen LogP contribution in [0.2, 0.25) is 0 Å². The van der Waals surface area contributed by atoms with Crippen LogP contribution in [0.15, 0.2) is 18.2 Å². The highest BCUT2D eigenvalue weighted by Crippen LogP contribution is 2.30. The van der Waals surface area contributed by atoms with Crippen molar-refractivity contribution in [1.29, 1.82) is 0 Å². The highest BCUT2D eigenvalue weighted by atomic mass is 32.1. The van der Waals surface area contributed by atoms with Gasteiger partial charge in [0.05, 0.1) is 11.9 Å². The second kappa shape index (κ2) is 5.38. The molecule has 0 radical (unpaired) electrons. The number of thiophene rings is 2. The summed E-state index contributed by atoms with van der Waals surface area (Å²) in [6.07, 6.45) is 0. The summed E-state index contributed by atoms with van der Waals surface area (Å²) in [6, 6.07) is 6.44. The number of anilines is 2. The number of hydrogen-bond donors (Lipinski definition) is 2. The van der Waals surface area contributed by atoms with Crippen molar-refractivity contribution in [2.24, 2.45) is 0 Å². The van der Waals surface area contributed by atoms with Gasteiger partial charge in [-0.2, -0.15) is 4.98 Å². The predicted molar refractivity (Wildman–Crippen MR) is 88.1 cm³/mol. The zero-order valence-electron chi connectivity index (χ0n) is 11.7. The number of nitrogens with zero attached hydrogens (tertiary/aromatic N) is 2. The lowest BCUT2D eigenvalue weighted by Crippen LogP contribution is -2.04. The van der Waals surface area contributed by atoms with Gasteiger partial charge in [0.2, 0.25) is 5.95 Å². The van der Waals surface area contributed by atoms with E-state index in [0.29, 0.717) is 5.95 Å². The average Bonchev–Trinajstić information content (AvgIpc) is 3.00. The van der Waals surface area contributed by atoms with Gasteiger partial charge in [-0.3, -0.25) is 0 Å². The van der Waals surface area contributed by atoms with Gasteiger partial charge >= 0.3 is 0 Å². The monoisotopic (exact) mass is 304 g/mol. The number of aryl methyl sites for hydroxylation is 2. The zero-order valence-corrected chi connectivity index (χ0v) is 13.3. The third-order valence-corrected chi connectivity index (χ3v) is 4.91. The highest BCUT2D eigenvalue weighted by molar-refractivity contribution is 7.18. The van der Waals surface area contributed by atoms with Crippen LogP contribution in [0.5, 0.6) is 0 Å². The molecule has 0 unspecified atom stereocenters. The molecule has 0 aliphatic carbocycles. The molecule has 0 bridgehead atoms. The van der Waals surface area contributed by atoms with Gasteiger partial charge in [-0.05, 0) is 32.0 Å². The molecular formula is C14H16N4S2. The molecule has 0 amide bonds. The SMILES string of the molecule is CNc1nc(NCc2ccc(C)s2)c2cc(C)sc2n1. The van der Waals surface area contributed by atoms with Crippen LogP contribution in [0.4, 0.5) is 11.8 Å².